The quantitative estimate of drug-likeness (QED) is 0.789. The zero-order valence-corrected chi connectivity index (χ0v) is 14.1. The minimum absolute atomic E-state index is 0.0335. The van der Waals surface area contributed by atoms with E-state index in [-0.39, 0.29) is 18.1 Å². The van der Waals surface area contributed by atoms with E-state index in [9.17, 15) is 5.11 Å². The van der Waals surface area contributed by atoms with Crippen molar-refractivity contribution in [1.82, 2.24) is 19.9 Å². The summed E-state index contributed by atoms with van der Waals surface area (Å²) >= 11 is 0. The summed E-state index contributed by atoms with van der Waals surface area (Å²) in [7, 11) is 0. The van der Waals surface area contributed by atoms with Crippen molar-refractivity contribution in [2.45, 2.75) is 32.4 Å². The lowest BCUT2D eigenvalue weighted by molar-refractivity contribution is 0.0114. The first kappa shape index (κ1) is 16.6. The normalized spacial score (nSPS) is 23.0. The second kappa shape index (κ2) is 7.11. The summed E-state index contributed by atoms with van der Waals surface area (Å²) in [5, 5.41) is 13.3. The number of rotatable bonds is 4. The fourth-order valence-electron chi connectivity index (χ4n) is 2.89. The molecule has 1 aromatic heterocycles. The van der Waals surface area contributed by atoms with Crippen molar-refractivity contribution in [3.63, 3.8) is 0 Å². The molecule has 0 spiro atoms. The summed E-state index contributed by atoms with van der Waals surface area (Å²) in [5.74, 6) is 1.56. The Hall–Kier alpha value is -2.25. The number of piperidine rings is 1. The summed E-state index contributed by atoms with van der Waals surface area (Å²) in [5.41, 5.74) is 6.75. The highest BCUT2D eigenvalue weighted by Gasteiger charge is 2.29. The highest BCUT2D eigenvalue weighted by molar-refractivity contribution is 5.53. The van der Waals surface area contributed by atoms with Crippen LogP contribution in [0.15, 0.2) is 30.3 Å². The van der Waals surface area contributed by atoms with Crippen molar-refractivity contribution in [3.05, 3.63) is 36.2 Å². The number of para-hydroxylation sites is 1. The van der Waals surface area contributed by atoms with Crippen molar-refractivity contribution < 1.29 is 5.11 Å². The lowest BCUT2D eigenvalue weighted by Crippen LogP contribution is -2.44. The number of aliphatic hydroxyl groups excluding tert-OH is 1. The minimum Gasteiger partial charge on any atom is -0.392 e. The summed E-state index contributed by atoms with van der Waals surface area (Å²) in [4.78, 5) is 15.1. The molecule has 1 aliphatic rings. The lowest BCUT2D eigenvalue weighted by atomic mass is 9.95. The first-order valence-corrected chi connectivity index (χ1v) is 8.28. The Labute approximate surface area is 142 Å². The van der Waals surface area contributed by atoms with Crippen LogP contribution in [-0.4, -0.2) is 44.2 Å². The molecule has 7 heteroatoms. The number of hydrogen-bond donors (Lipinski definition) is 3. The van der Waals surface area contributed by atoms with Gasteiger partial charge in [0.1, 0.15) is 0 Å². The molecule has 3 rings (SSSR count). The first-order valence-electron chi connectivity index (χ1n) is 8.28. The van der Waals surface area contributed by atoms with Gasteiger partial charge >= 0.3 is 0 Å². The van der Waals surface area contributed by atoms with Gasteiger partial charge in [-0.25, -0.2) is 0 Å². The van der Waals surface area contributed by atoms with E-state index in [1.54, 1.807) is 0 Å². The third kappa shape index (κ3) is 3.80. The van der Waals surface area contributed by atoms with E-state index in [0.29, 0.717) is 24.2 Å². The average Bonchev–Trinajstić information content (AvgIpc) is 2.57. The molecule has 2 heterocycles. The third-order valence-electron chi connectivity index (χ3n) is 4.57. The number of nitrogens with two attached hydrogens (primary N) is 1. The van der Waals surface area contributed by atoms with Crippen LogP contribution in [0, 0.1) is 5.92 Å². The summed E-state index contributed by atoms with van der Waals surface area (Å²) in [6.07, 6.45) is 0.642. The monoisotopic (exact) mass is 328 g/mol. The zero-order valence-electron chi connectivity index (χ0n) is 14.1. The van der Waals surface area contributed by atoms with Crippen LogP contribution >= 0.6 is 0 Å². The number of aliphatic hydroxyl groups is 1. The molecule has 0 saturated carbocycles. The van der Waals surface area contributed by atoms with Crippen LogP contribution < -0.4 is 11.1 Å². The van der Waals surface area contributed by atoms with Gasteiger partial charge in [-0.15, -0.1) is 0 Å². The van der Waals surface area contributed by atoms with Gasteiger partial charge in [-0.2, -0.15) is 15.0 Å². The molecule has 1 aliphatic heterocycles. The number of nitrogen functional groups attached to an aromatic ring is 1. The van der Waals surface area contributed by atoms with Crippen LogP contribution in [0.2, 0.25) is 0 Å². The lowest BCUT2D eigenvalue weighted by Gasteiger charge is -2.37. The number of anilines is 3. The van der Waals surface area contributed by atoms with Crippen LogP contribution in [0.1, 0.15) is 32.1 Å². The molecule has 1 fully saturated rings. The van der Waals surface area contributed by atoms with Crippen LogP contribution in [0.3, 0.4) is 0 Å². The van der Waals surface area contributed by atoms with Gasteiger partial charge in [0.05, 0.1) is 12.1 Å². The van der Waals surface area contributed by atoms with Gasteiger partial charge in [0, 0.05) is 12.2 Å². The molecule has 0 amide bonds. The Bertz CT molecular complexity index is 680. The van der Waals surface area contributed by atoms with E-state index in [1.807, 2.05) is 37.3 Å². The average molecular weight is 328 g/mol. The van der Waals surface area contributed by atoms with E-state index >= 15 is 0 Å². The molecular weight excluding hydrogens is 304 g/mol. The molecule has 0 aliphatic carbocycles. The Morgan fingerprint density at radius 2 is 2.00 bits per heavy atom. The van der Waals surface area contributed by atoms with Gasteiger partial charge in [0.2, 0.25) is 11.9 Å². The predicted octanol–water partition coefficient (Wildman–Crippen LogP) is 1.96. The molecule has 0 radical (unpaired) electrons. The van der Waals surface area contributed by atoms with Crippen LogP contribution in [-0.2, 0) is 0 Å². The predicted molar refractivity (Wildman–Crippen MR) is 93.7 cm³/mol. The van der Waals surface area contributed by atoms with Gasteiger partial charge in [0.25, 0.3) is 0 Å². The van der Waals surface area contributed by atoms with E-state index < -0.39 is 0 Å². The molecule has 3 unspecified atom stereocenters. The molecule has 1 aromatic carbocycles. The standard InChI is InChI=1S/C17H24N6O/c1-11-8-9-23(10-14(11)24)12(2)15-20-16(18)22-17(21-15)19-13-6-4-3-5-7-13/h3-7,11-12,14,24H,8-10H2,1-2H3,(H3,18,19,20,21,22). The number of benzene rings is 1. The maximum absolute atomic E-state index is 10.1. The largest absolute Gasteiger partial charge is 0.392 e. The number of likely N-dealkylation sites (tertiary alicyclic amines) is 1. The van der Waals surface area contributed by atoms with Gasteiger partial charge in [-0.05, 0) is 37.9 Å². The number of aromatic nitrogens is 3. The van der Waals surface area contributed by atoms with Crippen molar-refractivity contribution >= 4 is 17.6 Å². The smallest absolute Gasteiger partial charge is 0.232 e. The van der Waals surface area contributed by atoms with Gasteiger partial charge in [-0.1, -0.05) is 25.1 Å². The number of hydrogen-bond acceptors (Lipinski definition) is 7. The van der Waals surface area contributed by atoms with E-state index in [4.69, 9.17) is 5.73 Å². The van der Waals surface area contributed by atoms with Crippen LogP contribution in [0.5, 0.6) is 0 Å². The maximum atomic E-state index is 10.1. The summed E-state index contributed by atoms with van der Waals surface area (Å²) < 4.78 is 0. The van der Waals surface area contributed by atoms with Gasteiger partial charge in [-0.3, -0.25) is 4.90 Å². The molecule has 0 bridgehead atoms. The van der Waals surface area contributed by atoms with Gasteiger partial charge in [0.15, 0.2) is 5.82 Å². The van der Waals surface area contributed by atoms with Gasteiger partial charge < -0.3 is 16.2 Å². The van der Waals surface area contributed by atoms with Crippen molar-refractivity contribution in [1.29, 1.82) is 0 Å². The first-order chi connectivity index (χ1) is 11.5. The van der Waals surface area contributed by atoms with Crippen LogP contribution in [0.4, 0.5) is 17.6 Å². The molecular formula is C17H24N6O. The molecule has 128 valence electrons. The second-order valence-electron chi connectivity index (χ2n) is 6.37. The Kier molecular flexibility index (Phi) is 4.92. The Morgan fingerprint density at radius 1 is 1.25 bits per heavy atom. The van der Waals surface area contributed by atoms with E-state index in [1.165, 1.54) is 0 Å². The highest BCUT2D eigenvalue weighted by Crippen LogP contribution is 2.26. The molecule has 7 nitrogen and oxygen atoms in total. The second-order valence-corrected chi connectivity index (χ2v) is 6.37. The van der Waals surface area contributed by atoms with Crippen molar-refractivity contribution in [2.75, 3.05) is 24.1 Å². The molecule has 24 heavy (non-hydrogen) atoms. The minimum atomic E-state index is -0.317. The SMILES string of the molecule is CC1CCN(C(C)c2nc(N)nc(Nc3ccccc3)n2)CC1O. The zero-order chi connectivity index (χ0) is 17.1. The fourth-order valence-corrected chi connectivity index (χ4v) is 2.89. The maximum Gasteiger partial charge on any atom is 0.232 e. The molecule has 3 atom stereocenters. The Morgan fingerprint density at radius 3 is 2.71 bits per heavy atom. The highest BCUT2D eigenvalue weighted by atomic mass is 16.3. The van der Waals surface area contributed by atoms with Crippen molar-refractivity contribution in [2.24, 2.45) is 5.92 Å². The topological polar surface area (TPSA) is 100 Å². The number of β-amino-alcohol motifs (C(OH)–C–C–N with tert-alkyl or cyclic N) is 1. The fraction of sp³-hybridized carbons (Fsp3) is 0.471. The summed E-state index contributed by atoms with van der Waals surface area (Å²) in [6.45, 7) is 5.64. The van der Waals surface area contributed by atoms with E-state index in [0.717, 1.165) is 18.7 Å². The molecule has 4 N–H and O–H groups in total. The number of nitrogens with one attached hydrogen (secondary N) is 1. The number of nitrogens with zero attached hydrogens (tertiary/aromatic N) is 4. The molecule has 1 saturated heterocycles. The third-order valence-corrected chi connectivity index (χ3v) is 4.57. The van der Waals surface area contributed by atoms with Crippen LogP contribution in [0.25, 0.3) is 0 Å². The van der Waals surface area contributed by atoms with Crippen molar-refractivity contribution in [3.8, 4) is 0 Å². The molecule has 2 aromatic rings. The Balaban J connectivity index is 1.78. The summed E-state index contributed by atoms with van der Waals surface area (Å²) in [6, 6.07) is 9.66. The van der Waals surface area contributed by atoms with E-state index in [2.05, 4.69) is 32.1 Å².